The Kier molecular flexibility index (Phi) is 34.1. The minimum atomic E-state index is -1.08. The Morgan fingerprint density at radius 2 is 1.12 bits per heavy atom. The summed E-state index contributed by atoms with van der Waals surface area (Å²) in [4.78, 5) is 8.89. The smallest absolute Gasteiger partial charge is 0.870 e. The number of carbonyl (C=O) groups is 1. The van der Waals surface area contributed by atoms with Crippen LogP contribution in [0.5, 0.6) is 0 Å². The Morgan fingerprint density at radius 3 is 1.12 bits per heavy atom. The van der Waals surface area contributed by atoms with Crippen LogP contribution in [0.25, 0.3) is 0 Å². The molecule has 90 valence electrons. The van der Waals surface area contributed by atoms with Crippen molar-refractivity contribution in [3.63, 3.8) is 0 Å². The van der Waals surface area contributed by atoms with E-state index in [0.717, 1.165) is 6.92 Å². The van der Waals surface area contributed by atoms with E-state index in [4.69, 9.17) is 9.90 Å². The summed E-state index contributed by atoms with van der Waals surface area (Å²) in [5.41, 5.74) is 0. The van der Waals surface area contributed by atoms with Crippen LogP contribution in [-0.2, 0) is 4.79 Å². The molecule has 0 aromatic carbocycles. The Bertz CT molecular complexity index is 123. The molecular formula is C10H24AlNO3Sb+5. The molecule has 0 aromatic heterocycles. The topological polar surface area (TPSA) is 70.1 Å². The molecule has 1 N–H and O–H groups in total. The quantitative estimate of drug-likeness (QED) is 0.514. The largest absolute Gasteiger partial charge is 3.00 e. The molecule has 0 amide bonds. The third-order valence-corrected chi connectivity index (χ3v) is 2.68. The van der Waals surface area contributed by atoms with E-state index in [1.54, 1.807) is 0 Å². The van der Waals surface area contributed by atoms with E-state index in [1.165, 1.54) is 30.7 Å². The SMILES string of the molecule is CC(=O)[O-].CC[N+](CC)(CC)CC.[Al+3].[OH-].[Sb+3]. The summed E-state index contributed by atoms with van der Waals surface area (Å²) in [6, 6.07) is 0. The monoisotopic (exact) mass is 354 g/mol. The van der Waals surface area contributed by atoms with Crippen LogP contribution in [-0.4, -0.2) is 83.9 Å². The predicted molar refractivity (Wildman–Crippen MR) is 66.5 cm³/mol. The van der Waals surface area contributed by atoms with Crippen LogP contribution in [0.2, 0.25) is 0 Å². The standard InChI is InChI=1S/C8H20N.C2H4O2.Al.H2O.Sb/c1-5-9(6-2,7-3)8-4;1-2(3)4;;;/h5-8H2,1-4H3;1H3,(H,3,4);;1H2;/q+1;;+3;;+3/p-2. The van der Waals surface area contributed by atoms with Gasteiger partial charge in [0.25, 0.3) is 0 Å². The molecule has 0 fully saturated rings. The maximum Gasteiger partial charge on any atom is 3.00 e. The van der Waals surface area contributed by atoms with Gasteiger partial charge in [0.15, 0.2) is 0 Å². The summed E-state index contributed by atoms with van der Waals surface area (Å²) in [7, 11) is 0. The molecule has 0 aromatic rings. The van der Waals surface area contributed by atoms with E-state index in [9.17, 15) is 0 Å². The Labute approximate surface area is 128 Å². The minimum Gasteiger partial charge on any atom is -0.870 e. The van der Waals surface area contributed by atoms with Crippen molar-refractivity contribution in [2.24, 2.45) is 0 Å². The van der Waals surface area contributed by atoms with Crippen molar-refractivity contribution in [1.29, 1.82) is 0 Å². The Morgan fingerprint density at radius 1 is 1.00 bits per heavy atom. The van der Waals surface area contributed by atoms with Crippen LogP contribution in [0, 0.1) is 0 Å². The van der Waals surface area contributed by atoms with Gasteiger partial charge in [-0.1, -0.05) is 0 Å². The van der Waals surface area contributed by atoms with E-state index in [-0.39, 0.29) is 47.3 Å². The number of carboxylic acid groups (broad SMARTS) is 1. The van der Waals surface area contributed by atoms with Crippen molar-refractivity contribution in [2.45, 2.75) is 34.6 Å². The number of carboxylic acids is 1. The van der Waals surface area contributed by atoms with Gasteiger partial charge in [-0.15, -0.1) is 0 Å². The summed E-state index contributed by atoms with van der Waals surface area (Å²) in [5.74, 6) is -1.08. The summed E-state index contributed by atoms with van der Waals surface area (Å²) >= 11 is 0. The average Bonchev–Trinajstić information content (AvgIpc) is 2.09. The van der Waals surface area contributed by atoms with E-state index in [1.807, 2.05) is 0 Å². The first-order valence-corrected chi connectivity index (χ1v) is 5.00. The average molecular weight is 355 g/mol. The van der Waals surface area contributed by atoms with Crippen molar-refractivity contribution in [3.8, 4) is 0 Å². The molecule has 0 atom stereocenters. The molecule has 0 saturated carbocycles. The molecule has 6 heteroatoms. The second-order valence-electron chi connectivity index (χ2n) is 3.10. The third-order valence-electron chi connectivity index (χ3n) is 2.68. The molecule has 16 heavy (non-hydrogen) atoms. The van der Waals surface area contributed by atoms with E-state index in [0.29, 0.717) is 0 Å². The number of hydrogen-bond acceptors (Lipinski definition) is 3. The molecule has 4 nitrogen and oxygen atoms in total. The van der Waals surface area contributed by atoms with Gasteiger partial charge < -0.3 is 19.9 Å². The molecule has 0 spiro atoms. The summed E-state index contributed by atoms with van der Waals surface area (Å²) in [6.45, 7) is 15.2. The molecular weight excluding hydrogens is 331 g/mol. The number of hydrogen-bond donors (Lipinski definition) is 0. The van der Waals surface area contributed by atoms with Crippen LogP contribution >= 0.6 is 0 Å². The van der Waals surface area contributed by atoms with Gasteiger partial charge >= 0.3 is 41.8 Å². The zero-order valence-corrected chi connectivity index (χ0v) is 14.8. The van der Waals surface area contributed by atoms with Crippen LogP contribution in [0.4, 0.5) is 0 Å². The first-order valence-electron chi connectivity index (χ1n) is 5.00. The van der Waals surface area contributed by atoms with Crippen LogP contribution in [0.1, 0.15) is 34.6 Å². The maximum atomic E-state index is 8.89. The predicted octanol–water partition coefficient (Wildman–Crippen LogP) is -0.299. The number of quaternary nitrogens is 1. The summed E-state index contributed by atoms with van der Waals surface area (Å²) in [6.07, 6.45) is 0. The van der Waals surface area contributed by atoms with Crippen molar-refractivity contribution < 1.29 is 19.9 Å². The fourth-order valence-electron chi connectivity index (χ4n) is 1.34. The summed E-state index contributed by atoms with van der Waals surface area (Å²) < 4.78 is 1.28. The molecule has 0 bridgehead atoms. The molecule has 0 heterocycles. The van der Waals surface area contributed by atoms with Gasteiger partial charge in [-0.25, -0.2) is 0 Å². The molecule has 0 saturated heterocycles. The molecule has 0 rings (SSSR count). The van der Waals surface area contributed by atoms with Crippen LogP contribution in [0.15, 0.2) is 0 Å². The van der Waals surface area contributed by atoms with Gasteiger partial charge in [0, 0.05) is 5.97 Å². The number of rotatable bonds is 4. The van der Waals surface area contributed by atoms with E-state index < -0.39 is 5.97 Å². The first-order chi connectivity index (χ1) is 5.97. The third kappa shape index (κ3) is 17.1. The second-order valence-corrected chi connectivity index (χ2v) is 3.10. The Hall–Kier alpha value is 0.741. The zero-order valence-electron chi connectivity index (χ0n) is 11.1. The number of nitrogens with zero attached hydrogens (tertiary/aromatic N) is 1. The van der Waals surface area contributed by atoms with Gasteiger partial charge in [-0.3, -0.25) is 0 Å². The van der Waals surface area contributed by atoms with Crippen LogP contribution in [0.3, 0.4) is 0 Å². The maximum absolute atomic E-state index is 8.89. The van der Waals surface area contributed by atoms with Crippen molar-refractivity contribution >= 4 is 47.8 Å². The van der Waals surface area contributed by atoms with Gasteiger partial charge in [0.1, 0.15) is 0 Å². The van der Waals surface area contributed by atoms with Gasteiger partial charge in [-0.05, 0) is 34.6 Å². The number of carbonyl (C=O) groups excluding carboxylic acids is 1. The first kappa shape index (κ1) is 30.1. The zero-order chi connectivity index (χ0) is 10.9. The second kappa shape index (κ2) is 18.1. The normalized spacial score (nSPS) is 8.31. The van der Waals surface area contributed by atoms with Crippen LogP contribution < -0.4 is 5.11 Å². The van der Waals surface area contributed by atoms with Gasteiger partial charge in [-0.2, -0.15) is 0 Å². The van der Waals surface area contributed by atoms with Gasteiger partial charge in [0.2, 0.25) is 0 Å². The fraction of sp³-hybridized carbons (Fsp3) is 0.900. The molecule has 0 aliphatic carbocycles. The minimum absolute atomic E-state index is 0. The molecule has 0 aliphatic heterocycles. The van der Waals surface area contributed by atoms with E-state index >= 15 is 0 Å². The van der Waals surface area contributed by atoms with Crippen molar-refractivity contribution in [3.05, 3.63) is 0 Å². The van der Waals surface area contributed by atoms with Crippen molar-refractivity contribution in [1.82, 2.24) is 0 Å². The molecule has 0 unspecified atom stereocenters. The van der Waals surface area contributed by atoms with Crippen molar-refractivity contribution in [2.75, 3.05) is 26.2 Å². The van der Waals surface area contributed by atoms with E-state index in [2.05, 4.69) is 27.7 Å². The number of aliphatic carboxylic acids is 1. The summed E-state index contributed by atoms with van der Waals surface area (Å²) in [5, 5.41) is 8.89. The fourth-order valence-corrected chi connectivity index (χ4v) is 1.34. The van der Waals surface area contributed by atoms with Gasteiger partial charge in [0.05, 0.1) is 26.2 Å². The molecule has 2 radical (unpaired) electrons. The molecule has 0 aliphatic rings. The Balaban J connectivity index is -0.0000000511.